The number of carbonyl (C=O) groups is 1. The zero-order valence-corrected chi connectivity index (χ0v) is 15.5. The van der Waals surface area contributed by atoms with Crippen LogP contribution in [-0.2, 0) is 16.0 Å². The van der Waals surface area contributed by atoms with Crippen molar-refractivity contribution in [2.45, 2.75) is 45.8 Å². The molecule has 1 saturated heterocycles. The van der Waals surface area contributed by atoms with Gasteiger partial charge in [-0.3, -0.25) is 4.79 Å². The Labute approximate surface area is 152 Å². The van der Waals surface area contributed by atoms with Gasteiger partial charge < -0.3 is 18.8 Å². The number of nitrogens with zero attached hydrogens (tertiary/aromatic N) is 1. The van der Waals surface area contributed by atoms with Crippen LogP contribution < -0.4 is 10.4 Å². The highest BCUT2D eigenvalue weighted by Gasteiger charge is 2.26. The van der Waals surface area contributed by atoms with Gasteiger partial charge >= 0.3 is 5.63 Å². The van der Waals surface area contributed by atoms with Gasteiger partial charge in [0.2, 0.25) is 0 Å². The molecule has 1 aliphatic rings. The van der Waals surface area contributed by atoms with E-state index in [0.717, 1.165) is 23.8 Å². The molecule has 1 aliphatic heterocycles. The minimum absolute atomic E-state index is 0.0228. The molecule has 0 aliphatic carbocycles. The first kappa shape index (κ1) is 18.5. The molecule has 1 amide bonds. The SMILES string of the molecule is CCCc1cc(=O)oc2cc(OCC(=O)N3CC(C)OC(C)C3)ccc12. The van der Waals surface area contributed by atoms with Crippen LogP contribution >= 0.6 is 0 Å². The first-order valence-electron chi connectivity index (χ1n) is 9.09. The van der Waals surface area contributed by atoms with Gasteiger partial charge in [-0.05, 0) is 38.0 Å². The second-order valence-corrected chi connectivity index (χ2v) is 6.84. The molecule has 2 atom stereocenters. The molecular weight excluding hydrogens is 334 g/mol. The molecule has 2 aromatic rings. The molecule has 6 heteroatoms. The van der Waals surface area contributed by atoms with E-state index in [4.69, 9.17) is 13.9 Å². The van der Waals surface area contributed by atoms with Crippen molar-refractivity contribution in [3.05, 3.63) is 40.2 Å². The maximum atomic E-state index is 12.4. The summed E-state index contributed by atoms with van der Waals surface area (Å²) in [6.07, 6.45) is 1.81. The van der Waals surface area contributed by atoms with Gasteiger partial charge in [0.15, 0.2) is 6.61 Å². The van der Waals surface area contributed by atoms with Gasteiger partial charge in [-0.1, -0.05) is 13.3 Å². The monoisotopic (exact) mass is 359 g/mol. The van der Waals surface area contributed by atoms with Crippen molar-refractivity contribution in [1.29, 1.82) is 0 Å². The highest BCUT2D eigenvalue weighted by atomic mass is 16.5. The van der Waals surface area contributed by atoms with Crippen LogP contribution in [0, 0.1) is 0 Å². The molecule has 2 unspecified atom stereocenters. The van der Waals surface area contributed by atoms with E-state index >= 15 is 0 Å². The van der Waals surface area contributed by atoms with Crippen LogP contribution in [0.15, 0.2) is 33.5 Å². The molecule has 26 heavy (non-hydrogen) atoms. The van der Waals surface area contributed by atoms with Crippen LogP contribution in [-0.4, -0.2) is 42.7 Å². The molecule has 0 saturated carbocycles. The summed E-state index contributed by atoms with van der Waals surface area (Å²) in [5.74, 6) is 0.435. The minimum atomic E-state index is -0.370. The zero-order chi connectivity index (χ0) is 18.7. The maximum Gasteiger partial charge on any atom is 0.336 e. The predicted molar refractivity (Wildman–Crippen MR) is 98.6 cm³/mol. The summed E-state index contributed by atoms with van der Waals surface area (Å²) in [7, 11) is 0. The van der Waals surface area contributed by atoms with Crippen LogP contribution in [0.2, 0.25) is 0 Å². The largest absolute Gasteiger partial charge is 0.484 e. The molecule has 3 rings (SSSR count). The zero-order valence-electron chi connectivity index (χ0n) is 15.5. The summed E-state index contributed by atoms with van der Waals surface area (Å²) >= 11 is 0. The fourth-order valence-electron chi connectivity index (χ4n) is 3.39. The van der Waals surface area contributed by atoms with E-state index in [2.05, 4.69) is 6.92 Å². The quantitative estimate of drug-likeness (QED) is 0.768. The molecule has 1 aromatic carbocycles. The van der Waals surface area contributed by atoms with E-state index in [1.807, 2.05) is 19.9 Å². The van der Waals surface area contributed by atoms with Crippen LogP contribution in [0.3, 0.4) is 0 Å². The normalized spacial score (nSPS) is 20.3. The van der Waals surface area contributed by atoms with Gasteiger partial charge in [-0.25, -0.2) is 4.79 Å². The van der Waals surface area contributed by atoms with Gasteiger partial charge in [0.1, 0.15) is 11.3 Å². The Morgan fingerprint density at radius 2 is 1.96 bits per heavy atom. The van der Waals surface area contributed by atoms with Crippen molar-refractivity contribution in [2.75, 3.05) is 19.7 Å². The number of morpholine rings is 1. The highest BCUT2D eigenvalue weighted by Crippen LogP contribution is 2.23. The third kappa shape index (κ3) is 4.25. The Morgan fingerprint density at radius 1 is 1.23 bits per heavy atom. The van der Waals surface area contributed by atoms with E-state index in [1.54, 1.807) is 17.0 Å². The second-order valence-electron chi connectivity index (χ2n) is 6.84. The van der Waals surface area contributed by atoms with Gasteiger partial charge in [0.25, 0.3) is 5.91 Å². The van der Waals surface area contributed by atoms with Crippen molar-refractivity contribution >= 4 is 16.9 Å². The summed E-state index contributed by atoms with van der Waals surface area (Å²) in [4.78, 5) is 25.9. The lowest BCUT2D eigenvalue weighted by Crippen LogP contribution is -2.49. The minimum Gasteiger partial charge on any atom is -0.484 e. The molecule has 1 fully saturated rings. The van der Waals surface area contributed by atoms with Gasteiger partial charge in [-0.15, -0.1) is 0 Å². The molecule has 0 spiro atoms. The average molecular weight is 359 g/mol. The van der Waals surface area contributed by atoms with Crippen LogP contribution in [0.1, 0.15) is 32.8 Å². The summed E-state index contributed by atoms with van der Waals surface area (Å²) in [6.45, 7) is 7.06. The number of hydrogen-bond donors (Lipinski definition) is 0. The van der Waals surface area contributed by atoms with Crippen molar-refractivity contribution in [2.24, 2.45) is 0 Å². The van der Waals surface area contributed by atoms with Crippen molar-refractivity contribution in [3.8, 4) is 5.75 Å². The van der Waals surface area contributed by atoms with Crippen LogP contribution in [0.25, 0.3) is 11.0 Å². The molecule has 6 nitrogen and oxygen atoms in total. The fourth-order valence-corrected chi connectivity index (χ4v) is 3.39. The fraction of sp³-hybridized carbons (Fsp3) is 0.500. The lowest BCUT2D eigenvalue weighted by molar-refractivity contribution is -0.145. The Balaban J connectivity index is 1.71. The molecule has 0 bridgehead atoms. The number of amides is 1. The number of aryl methyl sites for hydroxylation is 1. The van der Waals surface area contributed by atoms with Gasteiger partial charge in [-0.2, -0.15) is 0 Å². The summed E-state index contributed by atoms with van der Waals surface area (Å²) in [6, 6.07) is 6.89. The number of benzene rings is 1. The first-order chi connectivity index (χ1) is 12.5. The Kier molecular flexibility index (Phi) is 5.61. The molecule has 1 aromatic heterocycles. The smallest absolute Gasteiger partial charge is 0.336 e. The Bertz CT molecular complexity index is 834. The van der Waals surface area contributed by atoms with Crippen molar-refractivity contribution in [3.63, 3.8) is 0 Å². The number of carbonyl (C=O) groups excluding carboxylic acids is 1. The lowest BCUT2D eigenvalue weighted by Gasteiger charge is -2.35. The van der Waals surface area contributed by atoms with Crippen LogP contribution in [0.5, 0.6) is 5.75 Å². The van der Waals surface area contributed by atoms with E-state index in [1.165, 1.54) is 6.07 Å². The van der Waals surface area contributed by atoms with E-state index in [0.29, 0.717) is 24.4 Å². The average Bonchev–Trinajstić information content (AvgIpc) is 2.58. The summed E-state index contributed by atoms with van der Waals surface area (Å²) in [5.41, 5.74) is 1.09. The Hall–Kier alpha value is -2.34. The third-order valence-electron chi connectivity index (χ3n) is 4.46. The molecular formula is C20H25NO5. The lowest BCUT2D eigenvalue weighted by atomic mass is 10.1. The Morgan fingerprint density at radius 3 is 2.65 bits per heavy atom. The molecule has 140 valence electrons. The second kappa shape index (κ2) is 7.91. The van der Waals surface area contributed by atoms with Gasteiger partial charge in [0, 0.05) is 30.6 Å². The number of ether oxygens (including phenoxy) is 2. The van der Waals surface area contributed by atoms with E-state index in [-0.39, 0.29) is 30.3 Å². The van der Waals surface area contributed by atoms with Crippen molar-refractivity contribution < 1.29 is 18.7 Å². The molecule has 0 N–H and O–H groups in total. The standard InChI is InChI=1S/C20H25NO5/c1-4-5-15-8-20(23)26-18-9-16(6-7-17(15)18)24-12-19(22)21-10-13(2)25-14(3)11-21/h6-9,13-14H,4-5,10-12H2,1-3H3. The number of hydrogen-bond acceptors (Lipinski definition) is 5. The highest BCUT2D eigenvalue weighted by molar-refractivity contribution is 5.82. The van der Waals surface area contributed by atoms with Crippen molar-refractivity contribution in [1.82, 2.24) is 4.90 Å². The molecule has 0 radical (unpaired) electrons. The molecule has 2 heterocycles. The maximum absolute atomic E-state index is 12.4. The van der Waals surface area contributed by atoms with Gasteiger partial charge in [0.05, 0.1) is 12.2 Å². The topological polar surface area (TPSA) is 69.0 Å². The van der Waals surface area contributed by atoms with E-state index in [9.17, 15) is 9.59 Å². The summed E-state index contributed by atoms with van der Waals surface area (Å²) < 4.78 is 16.6. The van der Waals surface area contributed by atoms with Crippen LogP contribution in [0.4, 0.5) is 0 Å². The number of rotatable bonds is 5. The first-order valence-corrected chi connectivity index (χ1v) is 9.09. The van der Waals surface area contributed by atoms with E-state index < -0.39 is 0 Å². The predicted octanol–water partition coefficient (Wildman–Crippen LogP) is 2.76. The summed E-state index contributed by atoms with van der Waals surface area (Å²) in [5, 5.41) is 0.904. The number of fused-ring (bicyclic) bond motifs is 1. The third-order valence-corrected chi connectivity index (χ3v) is 4.46.